The lowest BCUT2D eigenvalue weighted by Crippen LogP contribution is -2.49. The molecule has 2 unspecified atom stereocenters. The monoisotopic (exact) mass is 496 g/mol. The van der Waals surface area contributed by atoms with Gasteiger partial charge < -0.3 is 10.1 Å². The first-order valence-electron chi connectivity index (χ1n) is 11.8. The van der Waals surface area contributed by atoms with Gasteiger partial charge in [0.1, 0.15) is 5.69 Å². The van der Waals surface area contributed by atoms with Crippen molar-refractivity contribution < 1.29 is 17.9 Å². The number of nitrogens with one attached hydrogen (secondary N) is 1. The molecule has 0 spiro atoms. The molecule has 1 aliphatic rings. The standard InChI is InChI=1S/C26H32N4O4S/c1-18-10-11-23(19(2)14-18)25-24(17-30(28-25)22-8-6-5-7-9-22)26(31)27-12-13-35(32,33)29-15-20(3)34-21(4)16-29/h5-11,14,17,20-21H,12-13,15-16H2,1-4H3,(H,27,31). The third-order valence-corrected chi connectivity index (χ3v) is 7.85. The first kappa shape index (κ1) is 25.1. The zero-order valence-electron chi connectivity index (χ0n) is 20.6. The predicted molar refractivity (Wildman–Crippen MR) is 136 cm³/mol. The first-order chi connectivity index (χ1) is 16.6. The highest BCUT2D eigenvalue weighted by atomic mass is 32.2. The van der Waals surface area contributed by atoms with Crippen LogP contribution in [0, 0.1) is 13.8 Å². The molecular weight excluding hydrogens is 464 g/mol. The number of amides is 1. The maximum atomic E-state index is 13.2. The fraction of sp³-hybridized carbons (Fsp3) is 0.385. The summed E-state index contributed by atoms with van der Waals surface area (Å²) in [5.74, 6) is -0.537. The van der Waals surface area contributed by atoms with E-state index in [1.54, 1.807) is 10.9 Å². The second kappa shape index (κ2) is 10.3. The highest BCUT2D eigenvalue weighted by Gasteiger charge is 2.31. The van der Waals surface area contributed by atoms with Crippen molar-refractivity contribution in [3.63, 3.8) is 0 Å². The van der Waals surface area contributed by atoms with E-state index in [1.165, 1.54) is 4.31 Å². The van der Waals surface area contributed by atoms with Gasteiger partial charge in [-0.2, -0.15) is 9.40 Å². The van der Waals surface area contributed by atoms with Crippen molar-refractivity contribution in [1.82, 2.24) is 19.4 Å². The summed E-state index contributed by atoms with van der Waals surface area (Å²) in [6, 6.07) is 15.6. The lowest BCUT2D eigenvalue weighted by atomic mass is 10.0. The van der Waals surface area contributed by atoms with E-state index >= 15 is 0 Å². The van der Waals surface area contributed by atoms with Crippen LogP contribution >= 0.6 is 0 Å². The maximum Gasteiger partial charge on any atom is 0.255 e. The fourth-order valence-corrected chi connectivity index (χ4v) is 5.90. The lowest BCUT2D eigenvalue weighted by molar-refractivity contribution is -0.0440. The van der Waals surface area contributed by atoms with Gasteiger partial charge in [-0.25, -0.2) is 13.1 Å². The van der Waals surface area contributed by atoms with E-state index in [0.29, 0.717) is 24.3 Å². The van der Waals surface area contributed by atoms with E-state index in [-0.39, 0.29) is 30.4 Å². The van der Waals surface area contributed by atoms with E-state index in [0.717, 1.165) is 22.4 Å². The Morgan fingerprint density at radius 1 is 1.09 bits per heavy atom. The molecule has 0 radical (unpaired) electrons. The molecule has 1 N–H and O–H groups in total. The minimum absolute atomic E-state index is 0.00409. The summed E-state index contributed by atoms with van der Waals surface area (Å²) in [5, 5.41) is 7.52. The molecule has 1 fully saturated rings. The number of aromatic nitrogens is 2. The zero-order valence-corrected chi connectivity index (χ0v) is 21.4. The van der Waals surface area contributed by atoms with Crippen LogP contribution in [0.5, 0.6) is 0 Å². The van der Waals surface area contributed by atoms with Crippen molar-refractivity contribution in [2.45, 2.75) is 39.9 Å². The molecule has 2 heterocycles. The van der Waals surface area contributed by atoms with Gasteiger partial charge in [-0.1, -0.05) is 42.0 Å². The van der Waals surface area contributed by atoms with E-state index in [9.17, 15) is 13.2 Å². The molecule has 1 aliphatic heterocycles. The summed E-state index contributed by atoms with van der Waals surface area (Å²) in [7, 11) is -3.52. The second-order valence-electron chi connectivity index (χ2n) is 9.14. The van der Waals surface area contributed by atoms with Crippen LogP contribution in [0.3, 0.4) is 0 Å². The molecule has 35 heavy (non-hydrogen) atoms. The summed E-state index contributed by atoms with van der Waals surface area (Å²) >= 11 is 0. The van der Waals surface area contributed by atoms with Gasteiger partial charge in [0.2, 0.25) is 10.0 Å². The summed E-state index contributed by atoms with van der Waals surface area (Å²) in [4.78, 5) is 13.2. The van der Waals surface area contributed by atoms with Crippen molar-refractivity contribution >= 4 is 15.9 Å². The van der Waals surface area contributed by atoms with Gasteiger partial charge in [-0.05, 0) is 45.4 Å². The average molecular weight is 497 g/mol. The molecule has 1 amide bonds. The van der Waals surface area contributed by atoms with Gasteiger partial charge in [0.25, 0.3) is 5.91 Å². The molecule has 2 aromatic carbocycles. The smallest absolute Gasteiger partial charge is 0.255 e. The molecule has 0 saturated carbocycles. The summed E-state index contributed by atoms with van der Waals surface area (Å²) in [6.45, 7) is 8.37. The van der Waals surface area contributed by atoms with Crippen molar-refractivity contribution in [1.29, 1.82) is 0 Å². The van der Waals surface area contributed by atoms with E-state index in [1.807, 2.05) is 70.2 Å². The third kappa shape index (κ3) is 5.80. The number of carbonyl (C=O) groups excluding carboxylic acids is 1. The number of benzene rings is 2. The topological polar surface area (TPSA) is 93.5 Å². The van der Waals surface area contributed by atoms with Crippen molar-refractivity contribution in [3.05, 3.63) is 71.4 Å². The number of para-hydroxylation sites is 1. The van der Waals surface area contributed by atoms with Gasteiger partial charge in [0.15, 0.2) is 0 Å². The number of rotatable bonds is 7. The molecule has 1 saturated heterocycles. The first-order valence-corrected chi connectivity index (χ1v) is 13.4. The molecule has 186 valence electrons. The molecular formula is C26H32N4O4S. The number of ether oxygens (including phenoxy) is 1. The second-order valence-corrected chi connectivity index (χ2v) is 11.2. The number of carbonyl (C=O) groups is 1. The van der Waals surface area contributed by atoms with Crippen LogP contribution in [-0.2, 0) is 14.8 Å². The molecule has 3 aromatic rings. The maximum absolute atomic E-state index is 13.2. The van der Waals surface area contributed by atoms with Crippen molar-refractivity contribution in [2.75, 3.05) is 25.4 Å². The Bertz CT molecular complexity index is 1290. The van der Waals surface area contributed by atoms with Crippen LogP contribution in [0.4, 0.5) is 0 Å². The normalized spacial score (nSPS) is 19.0. The summed E-state index contributed by atoms with van der Waals surface area (Å²) < 4.78 is 34.5. The molecule has 0 bridgehead atoms. The van der Waals surface area contributed by atoms with Crippen LogP contribution in [0.1, 0.15) is 35.3 Å². The summed E-state index contributed by atoms with van der Waals surface area (Å²) in [5.41, 5.74) is 4.77. The Kier molecular flexibility index (Phi) is 7.39. The Balaban J connectivity index is 1.55. The molecule has 1 aromatic heterocycles. The highest BCUT2D eigenvalue weighted by Crippen LogP contribution is 2.27. The molecule has 8 nitrogen and oxygen atoms in total. The van der Waals surface area contributed by atoms with Crippen molar-refractivity contribution in [3.8, 4) is 16.9 Å². The number of aryl methyl sites for hydroxylation is 2. The molecule has 4 rings (SSSR count). The quantitative estimate of drug-likeness (QED) is 0.542. The van der Waals surface area contributed by atoms with E-state index in [2.05, 4.69) is 11.4 Å². The zero-order chi connectivity index (χ0) is 25.2. The lowest BCUT2D eigenvalue weighted by Gasteiger charge is -2.34. The van der Waals surface area contributed by atoms with Crippen molar-refractivity contribution in [2.24, 2.45) is 0 Å². The number of nitrogens with zero attached hydrogens (tertiary/aromatic N) is 3. The average Bonchev–Trinajstić information content (AvgIpc) is 3.24. The van der Waals surface area contributed by atoms with Gasteiger partial charge in [-0.15, -0.1) is 0 Å². The van der Waals surface area contributed by atoms with Gasteiger partial charge in [-0.3, -0.25) is 4.79 Å². The van der Waals surface area contributed by atoms with Gasteiger partial charge in [0.05, 0.1) is 29.2 Å². The Morgan fingerprint density at radius 2 is 1.77 bits per heavy atom. The van der Waals surface area contributed by atoms with Gasteiger partial charge in [0, 0.05) is 31.4 Å². The summed E-state index contributed by atoms with van der Waals surface area (Å²) in [6.07, 6.45) is 1.37. The Labute approximate surface area is 207 Å². The molecule has 2 atom stereocenters. The number of hydrogen-bond acceptors (Lipinski definition) is 5. The van der Waals surface area contributed by atoms with Gasteiger partial charge >= 0.3 is 0 Å². The molecule has 0 aliphatic carbocycles. The largest absolute Gasteiger partial charge is 0.373 e. The minimum atomic E-state index is -3.52. The number of hydrogen-bond donors (Lipinski definition) is 1. The third-order valence-electron chi connectivity index (χ3n) is 6.04. The fourth-order valence-electron chi connectivity index (χ4n) is 4.41. The van der Waals surface area contributed by atoms with E-state index in [4.69, 9.17) is 9.84 Å². The minimum Gasteiger partial charge on any atom is -0.373 e. The van der Waals surface area contributed by atoms with Crippen LogP contribution in [-0.4, -0.2) is 66.0 Å². The predicted octanol–water partition coefficient (Wildman–Crippen LogP) is 3.32. The highest BCUT2D eigenvalue weighted by molar-refractivity contribution is 7.89. The SMILES string of the molecule is Cc1ccc(-c2nn(-c3ccccc3)cc2C(=O)NCCS(=O)(=O)N2CC(C)OC(C)C2)c(C)c1. The van der Waals surface area contributed by atoms with Crippen LogP contribution < -0.4 is 5.32 Å². The van der Waals surface area contributed by atoms with Crippen LogP contribution in [0.15, 0.2) is 54.7 Å². The molecule has 9 heteroatoms. The Morgan fingerprint density at radius 3 is 2.43 bits per heavy atom. The Hall–Kier alpha value is -3.01. The number of sulfonamides is 1. The number of morpholine rings is 1. The van der Waals surface area contributed by atoms with Crippen LogP contribution in [0.2, 0.25) is 0 Å². The van der Waals surface area contributed by atoms with E-state index < -0.39 is 10.0 Å². The van der Waals surface area contributed by atoms with Crippen LogP contribution in [0.25, 0.3) is 16.9 Å².